The Bertz CT molecular complexity index is 242. The maximum absolute atomic E-state index is 11.0. The van der Waals surface area contributed by atoms with E-state index in [0.29, 0.717) is 0 Å². The van der Waals surface area contributed by atoms with Gasteiger partial charge in [-0.2, -0.15) is 10.2 Å². The molecule has 0 fully saturated rings. The van der Waals surface area contributed by atoms with Crippen molar-refractivity contribution in [2.24, 2.45) is 10.2 Å². The summed E-state index contributed by atoms with van der Waals surface area (Å²) in [5, 5.41) is 14.8. The first-order valence-corrected chi connectivity index (χ1v) is 4.08. The van der Waals surface area contributed by atoms with E-state index in [0.717, 1.165) is 0 Å². The molecule has 0 aliphatic carbocycles. The second-order valence-electron chi connectivity index (χ2n) is 3.58. The third-order valence-corrected chi connectivity index (χ3v) is 0.926. The monoisotopic (exact) mass is 202 g/mol. The molecule has 6 heteroatoms. The van der Waals surface area contributed by atoms with Crippen LogP contribution in [0.2, 0.25) is 0 Å². The molecule has 0 saturated carbocycles. The minimum absolute atomic E-state index is 0.245. The van der Waals surface area contributed by atoms with Gasteiger partial charge in [-0.25, -0.2) is 4.79 Å². The molecule has 0 aromatic heterocycles. The third kappa shape index (κ3) is 8.63. The van der Waals surface area contributed by atoms with Crippen molar-refractivity contribution in [2.75, 3.05) is 13.1 Å². The molecule has 0 aromatic carbocycles. The highest BCUT2D eigenvalue weighted by Gasteiger charge is 2.15. The van der Waals surface area contributed by atoms with Crippen LogP contribution in [0.1, 0.15) is 20.8 Å². The summed E-state index contributed by atoms with van der Waals surface area (Å²) in [7, 11) is 0. The van der Waals surface area contributed by atoms with Gasteiger partial charge in [0.05, 0.1) is 0 Å². The predicted molar refractivity (Wildman–Crippen MR) is 48.1 cm³/mol. The molecule has 0 bridgehead atoms. The predicted octanol–water partition coefficient (Wildman–Crippen LogP) is 0.865. The first-order chi connectivity index (χ1) is 6.31. The van der Waals surface area contributed by atoms with Crippen molar-refractivity contribution in [3.8, 4) is 0 Å². The standard InChI is InChI=1S/C8H14N2O4/c1-8(2,3)14-7(13)5-10-9-4-6(11)12/h4-5H2,1-3H3,(H,11,12). The van der Waals surface area contributed by atoms with Gasteiger partial charge in [-0.05, 0) is 20.8 Å². The van der Waals surface area contributed by atoms with Gasteiger partial charge >= 0.3 is 11.9 Å². The summed E-state index contributed by atoms with van der Waals surface area (Å²) in [6.07, 6.45) is 0. The van der Waals surface area contributed by atoms with Gasteiger partial charge in [-0.3, -0.25) is 4.79 Å². The fourth-order valence-electron chi connectivity index (χ4n) is 0.592. The van der Waals surface area contributed by atoms with Crippen LogP contribution >= 0.6 is 0 Å². The van der Waals surface area contributed by atoms with Gasteiger partial charge in [-0.15, -0.1) is 0 Å². The Labute approximate surface area is 82.0 Å². The number of carbonyl (C=O) groups is 2. The van der Waals surface area contributed by atoms with Crippen LogP contribution in [0.15, 0.2) is 10.2 Å². The molecule has 80 valence electrons. The molecule has 0 radical (unpaired) electrons. The van der Waals surface area contributed by atoms with Gasteiger partial charge in [0, 0.05) is 0 Å². The van der Waals surface area contributed by atoms with Crippen LogP contribution in [0.5, 0.6) is 0 Å². The highest BCUT2D eigenvalue weighted by atomic mass is 16.6. The molecular weight excluding hydrogens is 188 g/mol. The topological polar surface area (TPSA) is 88.3 Å². The van der Waals surface area contributed by atoms with Crippen molar-refractivity contribution < 1.29 is 19.4 Å². The normalized spacial score (nSPS) is 11.6. The summed E-state index contributed by atoms with van der Waals surface area (Å²) in [5.74, 6) is -1.61. The van der Waals surface area contributed by atoms with Crippen LogP contribution < -0.4 is 0 Å². The number of rotatable bonds is 4. The van der Waals surface area contributed by atoms with Crippen molar-refractivity contribution in [3.05, 3.63) is 0 Å². The number of azo groups is 1. The number of hydrogen-bond donors (Lipinski definition) is 1. The fraction of sp³-hybridized carbons (Fsp3) is 0.750. The molecule has 0 aliphatic rings. The lowest BCUT2D eigenvalue weighted by atomic mass is 10.2. The van der Waals surface area contributed by atoms with Crippen molar-refractivity contribution in [1.29, 1.82) is 0 Å². The average molecular weight is 202 g/mol. The second kappa shape index (κ2) is 5.31. The molecule has 0 unspecified atom stereocenters. The SMILES string of the molecule is CC(C)(C)OC(=O)CN=NCC(=O)O. The van der Waals surface area contributed by atoms with E-state index in [1.807, 2.05) is 0 Å². The van der Waals surface area contributed by atoms with Crippen molar-refractivity contribution in [3.63, 3.8) is 0 Å². The van der Waals surface area contributed by atoms with Crippen LogP contribution in [0.3, 0.4) is 0 Å². The third-order valence-electron chi connectivity index (χ3n) is 0.926. The molecular formula is C8H14N2O4. The second-order valence-corrected chi connectivity index (χ2v) is 3.58. The average Bonchev–Trinajstić information content (AvgIpc) is 1.94. The van der Waals surface area contributed by atoms with E-state index >= 15 is 0 Å². The lowest BCUT2D eigenvalue weighted by Gasteiger charge is -2.18. The Morgan fingerprint density at radius 2 is 1.71 bits per heavy atom. The maximum Gasteiger partial charge on any atom is 0.330 e. The molecule has 0 heterocycles. The lowest BCUT2D eigenvalue weighted by molar-refractivity contribution is -0.153. The molecule has 0 amide bonds. The molecule has 14 heavy (non-hydrogen) atoms. The van der Waals surface area contributed by atoms with Gasteiger partial charge < -0.3 is 9.84 Å². The molecule has 0 atom stereocenters. The number of aliphatic carboxylic acids is 1. The maximum atomic E-state index is 11.0. The zero-order chi connectivity index (χ0) is 11.2. The molecule has 0 aromatic rings. The number of carbonyl (C=O) groups excluding carboxylic acids is 1. The molecule has 6 nitrogen and oxygen atoms in total. The van der Waals surface area contributed by atoms with Gasteiger partial charge in [0.2, 0.25) is 0 Å². The summed E-state index contributed by atoms with van der Waals surface area (Å²) in [5.41, 5.74) is -0.556. The van der Waals surface area contributed by atoms with E-state index in [9.17, 15) is 9.59 Å². The number of carboxylic acids is 1. The zero-order valence-electron chi connectivity index (χ0n) is 8.48. The number of esters is 1. The molecule has 0 spiro atoms. The Kier molecular flexibility index (Phi) is 4.76. The van der Waals surface area contributed by atoms with Crippen LogP contribution in [0.25, 0.3) is 0 Å². The summed E-state index contributed by atoms with van der Waals surface area (Å²) >= 11 is 0. The fourth-order valence-corrected chi connectivity index (χ4v) is 0.592. The molecule has 0 aliphatic heterocycles. The molecule has 0 saturated heterocycles. The van der Waals surface area contributed by atoms with Crippen LogP contribution in [-0.4, -0.2) is 35.7 Å². The summed E-state index contributed by atoms with van der Waals surface area (Å²) in [4.78, 5) is 21.0. The van der Waals surface area contributed by atoms with Crippen LogP contribution in [0, 0.1) is 0 Å². The van der Waals surface area contributed by atoms with E-state index in [-0.39, 0.29) is 6.54 Å². The lowest BCUT2D eigenvalue weighted by Crippen LogP contribution is -2.25. The minimum atomic E-state index is -1.09. The van der Waals surface area contributed by atoms with Crippen LogP contribution in [-0.2, 0) is 14.3 Å². The van der Waals surface area contributed by atoms with Crippen LogP contribution in [0.4, 0.5) is 0 Å². The number of nitrogens with zero attached hydrogens (tertiary/aromatic N) is 2. The number of carboxylic acid groups (broad SMARTS) is 1. The zero-order valence-corrected chi connectivity index (χ0v) is 8.48. The van der Waals surface area contributed by atoms with E-state index in [1.165, 1.54) is 0 Å². The molecule has 0 rings (SSSR count). The van der Waals surface area contributed by atoms with E-state index < -0.39 is 24.1 Å². The smallest absolute Gasteiger partial charge is 0.330 e. The van der Waals surface area contributed by atoms with Gasteiger partial charge in [0.25, 0.3) is 0 Å². The van der Waals surface area contributed by atoms with E-state index in [2.05, 4.69) is 10.2 Å². The summed E-state index contributed by atoms with van der Waals surface area (Å²) in [6, 6.07) is 0. The Morgan fingerprint density at radius 1 is 1.21 bits per heavy atom. The largest absolute Gasteiger partial charge is 0.480 e. The number of ether oxygens (including phenoxy) is 1. The van der Waals surface area contributed by atoms with Crippen molar-refractivity contribution in [2.45, 2.75) is 26.4 Å². The van der Waals surface area contributed by atoms with Crippen molar-refractivity contribution >= 4 is 11.9 Å². The van der Waals surface area contributed by atoms with Gasteiger partial charge in [-0.1, -0.05) is 0 Å². The van der Waals surface area contributed by atoms with E-state index in [4.69, 9.17) is 9.84 Å². The molecule has 1 N–H and O–H groups in total. The minimum Gasteiger partial charge on any atom is -0.480 e. The first-order valence-electron chi connectivity index (χ1n) is 4.08. The highest BCUT2D eigenvalue weighted by molar-refractivity contribution is 5.72. The summed E-state index contributed by atoms with van der Waals surface area (Å²) in [6.45, 7) is 4.53. The van der Waals surface area contributed by atoms with Gasteiger partial charge in [0.1, 0.15) is 5.60 Å². The Hall–Kier alpha value is -1.46. The highest BCUT2D eigenvalue weighted by Crippen LogP contribution is 2.06. The first kappa shape index (κ1) is 12.5. The Balaban J connectivity index is 3.75. The van der Waals surface area contributed by atoms with E-state index in [1.54, 1.807) is 20.8 Å². The van der Waals surface area contributed by atoms with Crippen molar-refractivity contribution in [1.82, 2.24) is 0 Å². The van der Waals surface area contributed by atoms with Gasteiger partial charge in [0.15, 0.2) is 13.1 Å². The Morgan fingerprint density at radius 3 is 2.14 bits per heavy atom. The quantitative estimate of drug-likeness (QED) is 0.541. The summed E-state index contributed by atoms with van der Waals surface area (Å²) < 4.78 is 4.90. The number of hydrogen-bond acceptors (Lipinski definition) is 5.